The molecule has 4 nitrogen and oxygen atoms in total. The summed E-state index contributed by atoms with van der Waals surface area (Å²) < 4.78 is 11.9. The van der Waals surface area contributed by atoms with Crippen molar-refractivity contribution in [3.05, 3.63) is 0 Å². The molecule has 0 aliphatic heterocycles. The summed E-state index contributed by atoms with van der Waals surface area (Å²) in [6, 6.07) is 0. The number of primary amides is 1. The van der Waals surface area contributed by atoms with Crippen LogP contribution in [0.1, 0.15) is 65.2 Å². The van der Waals surface area contributed by atoms with Crippen LogP contribution < -0.4 is 5.73 Å². The van der Waals surface area contributed by atoms with E-state index in [0.717, 1.165) is 44.9 Å². The van der Waals surface area contributed by atoms with Gasteiger partial charge in [-0.2, -0.15) is 0 Å². The summed E-state index contributed by atoms with van der Waals surface area (Å²) >= 11 is -0.859. The average Bonchev–Trinajstić information content (AvgIpc) is 2.57. The van der Waals surface area contributed by atoms with E-state index in [1.165, 1.54) is 6.42 Å². The van der Waals surface area contributed by atoms with Gasteiger partial charge in [0.15, 0.2) is 0 Å². The number of hydrogen-bond donors (Lipinski definition) is 2. The first kappa shape index (κ1) is 19.1. The Balaban J connectivity index is 1.70. The fourth-order valence-corrected chi connectivity index (χ4v) is 9.26. The Hall–Kier alpha value is -0.260. The van der Waals surface area contributed by atoms with Gasteiger partial charge in [0.2, 0.25) is 5.91 Å². The second-order valence-electron chi connectivity index (χ2n) is 10.4. The third kappa shape index (κ3) is 2.39. The second-order valence-corrected chi connectivity index (χ2v) is 11.9. The number of aliphatic hydroxyl groups is 1. The fourth-order valence-electron chi connectivity index (χ4n) is 8.27. The summed E-state index contributed by atoms with van der Waals surface area (Å²) in [6.07, 6.45) is 9.96. The summed E-state index contributed by atoms with van der Waals surface area (Å²) in [6.45, 7) is 4.49. The molecule has 9 atom stereocenters. The van der Waals surface area contributed by atoms with E-state index in [9.17, 15) is 14.5 Å². The lowest BCUT2D eigenvalue weighted by atomic mass is 9.35. The average molecular weight is 382 g/mol. The van der Waals surface area contributed by atoms with E-state index >= 15 is 0 Å². The van der Waals surface area contributed by atoms with Gasteiger partial charge in [-0.3, -0.25) is 4.79 Å². The molecule has 1 unspecified atom stereocenters. The quantitative estimate of drug-likeness (QED) is 0.737. The van der Waals surface area contributed by atoms with Crippen LogP contribution in [0.2, 0.25) is 0 Å². The lowest BCUT2D eigenvalue weighted by molar-refractivity contribution is -0.238. The summed E-state index contributed by atoms with van der Waals surface area (Å²) in [4.78, 5) is 12.4. The largest absolute Gasteiger partial charge is 0.617 e. The van der Waals surface area contributed by atoms with E-state index in [1.807, 2.05) is 0 Å². The summed E-state index contributed by atoms with van der Waals surface area (Å²) in [5.74, 6) is 1.99. The Labute approximate surface area is 160 Å². The Morgan fingerprint density at radius 3 is 2.54 bits per heavy atom. The number of carbonyl (C=O) groups excluding carboxylic acids is 1. The van der Waals surface area contributed by atoms with Crippen LogP contribution in [0.5, 0.6) is 0 Å². The summed E-state index contributed by atoms with van der Waals surface area (Å²) in [5, 5.41) is 11.4. The Kier molecular flexibility index (Phi) is 4.49. The van der Waals surface area contributed by atoms with Crippen molar-refractivity contribution < 1.29 is 14.5 Å². The molecule has 0 saturated heterocycles. The zero-order chi connectivity index (χ0) is 18.9. The smallest absolute Gasteiger partial charge is 0.223 e. The molecule has 0 aromatic carbocycles. The van der Waals surface area contributed by atoms with E-state index < -0.39 is 16.6 Å². The monoisotopic (exact) mass is 381 g/mol. The Morgan fingerprint density at radius 2 is 1.88 bits per heavy atom. The second kappa shape index (κ2) is 6.12. The van der Waals surface area contributed by atoms with Crippen molar-refractivity contribution in [2.45, 2.75) is 71.3 Å². The molecule has 1 amide bonds. The van der Waals surface area contributed by atoms with Crippen molar-refractivity contribution in [3.8, 4) is 0 Å². The Morgan fingerprint density at radius 1 is 1.19 bits per heavy atom. The minimum absolute atomic E-state index is 0.0278. The maximum Gasteiger partial charge on any atom is 0.223 e. The number of fused-ring (bicyclic) bond motifs is 3. The van der Waals surface area contributed by atoms with Gasteiger partial charge in [-0.25, -0.2) is 0 Å². The van der Waals surface area contributed by atoms with Crippen LogP contribution in [0.15, 0.2) is 0 Å². The number of amides is 1. The van der Waals surface area contributed by atoms with Gasteiger partial charge in [-0.05, 0) is 68.1 Å². The number of aliphatic hydroxyl groups excluding tert-OH is 1. The first-order valence-corrected chi connectivity index (χ1v) is 12.2. The lowest BCUT2D eigenvalue weighted by Crippen LogP contribution is -2.67. The minimum Gasteiger partial charge on any atom is -0.617 e. The van der Waals surface area contributed by atoms with E-state index in [1.54, 1.807) is 6.26 Å². The van der Waals surface area contributed by atoms with E-state index in [0.29, 0.717) is 23.5 Å². The van der Waals surface area contributed by atoms with E-state index in [4.69, 9.17) is 5.73 Å². The molecule has 0 heterocycles. The van der Waals surface area contributed by atoms with Gasteiger partial charge >= 0.3 is 0 Å². The van der Waals surface area contributed by atoms with Crippen LogP contribution in [0.4, 0.5) is 0 Å². The van der Waals surface area contributed by atoms with Crippen LogP contribution >= 0.6 is 0 Å². The highest BCUT2D eigenvalue weighted by Crippen LogP contribution is 2.72. The molecular weight excluding hydrogens is 346 g/mol. The van der Waals surface area contributed by atoms with Crippen molar-refractivity contribution >= 4 is 17.1 Å². The molecule has 5 fully saturated rings. The predicted octanol–water partition coefficient (Wildman–Crippen LogP) is 2.85. The zero-order valence-corrected chi connectivity index (χ0v) is 17.3. The van der Waals surface area contributed by atoms with Crippen molar-refractivity contribution in [1.82, 2.24) is 0 Å². The van der Waals surface area contributed by atoms with Gasteiger partial charge in [0.05, 0.1) is 12.4 Å². The number of carbonyl (C=O) groups is 1. The molecule has 1 spiro atoms. The molecule has 5 rings (SSSR count). The van der Waals surface area contributed by atoms with Crippen molar-refractivity contribution in [2.75, 3.05) is 12.0 Å². The standard InChI is InChI=1S/C21H35NO3S/c1-19-7-4-8-20(2,18(22)24)15(19)6-10-21-9-5-13(11-16(19)21)14(17(21)23)12-26(3)25/h13-17,23H,4-12H2,1-3H3,(H2,22,24)/t13-,14-,15-,16-,17+,19+,20+,21-,26?/m0/s1. The third-order valence-electron chi connectivity index (χ3n) is 9.47. The number of hydrogen-bond acceptors (Lipinski definition) is 3. The van der Waals surface area contributed by atoms with Crippen molar-refractivity contribution in [2.24, 2.45) is 45.7 Å². The van der Waals surface area contributed by atoms with Gasteiger partial charge < -0.3 is 15.4 Å². The molecule has 148 valence electrons. The molecule has 5 aliphatic rings. The SMILES string of the molecule is C[S+]([O-])C[C@H]1[C@H]2CC[C@@]3(CC[C@H]4[C@@](C)(CCC[C@@]4(C)C(N)=O)[C@@H]3C2)[C@@H]1O. The summed E-state index contributed by atoms with van der Waals surface area (Å²) in [7, 11) is 0. The van der Waals surface area contributed by atoms with Crippen LogP contribution in [0.3, 0.4) is 0 Å². The van der Waals surface area contributed by atoms with E-state index in [-0.39, 0.29) is 28.8 Å². The van der Waals surface area contributed by atoms with Gasteiger partial charge in [0, 0.05) is 16.7 Å². The lowest BCUT2D eigenvalue weighted by Gasteiger charge is -2.69. The maximum atomic E-state index is 12.4. The van der Waals surface area contributed by atoms with Gasteiger partial charge in [0.1, 0.15) is 5.75 Å². The summed E-state index contributed by atoms with van der Waals surface area (Å²) in [5.41, 5.74) is 5.56. The molecular formula is C21H35NO3S. The number of rotatable bonds is 3. The molecule has 0 radical (unpaired) electrons. The topological polar surface area (TPSA) is 86.4 Å². The van der Waals surface area contributed by atoms with E-state index in [2.05, 4.69) is 13.8 Å². The zero-order valence-electron chi connectivity index (χ0n) is 16.5. The van der Waals surface area contributed by atoms with Crippen LogP contribution in [-0.2, 0) is 16.0 Å². The molecule has 5 aliphatic carbocycles. The first-order valence-electron chi connectivity index (χ1n) is 10.4. The van der Waals surface area contributed by atoms with Gasteiger partial charge in [0.25, 0.3) is 0 Å². The van der Waals surface area contributed by atoms with Gasteiger partial charge in [-0.1, -0.05) is 31.4 Å². The molecule has 3 N–H and O–H groups in total. The van der Waals surface area contributed by atoms with Crippen LogP contribution in [0, 0.1) is 39.9 Å². The molecule has 0 aromatic rings. The minimum atomic E-state index is -0.859. The van der Waals surface area contributed by atoms with Crippen molar-refractivity contribution in [3.63, 3.8) is 0 Å². The van der Waals surface area contributed by atoms with Crippen LogP contribution in [0.25, 0.3) is 0 Å². The van der Waals surface area contributed by atoms with Gasteiger partial charge in [-0.15, -0.1) is 0 Å². The number of nitrogens with two attached hydrogens (primary N) is 1. The fraction of sp³-hybridized carbons (Fsp3) is 0.952. The highest BCUT2D eigenvalue weighted by molar-refractivity contribution is 7.90. The highest BCUT2D eigenvalue weighted by Gasteiger charge is 2.68. The van der Waals surface area contributed by atoms with Crippen LogP contribution in [-0.4, -0.2) is 33.7 Å². The molecule has 2 bridgehead atoms. The van der Waals surface area contributed by atoms with Crippen molar-refractivity contribution in [1.29, 1.82) is 0 Å². The molecule has 5 saturated carbocycles. The molecule has 0 aromatic heterocycles. The molecule has 26 heavy (non-hydrogen) atoms. The third-order valence-corrected chi connectivity index (χ3v) is 10.3. The first-order chi connectivity index (χ1) is 12.1. The molecule has 5 heteroatoms. The highest BCUT2D eigenvalue weighted by atomic mass is 32.2. The maximum absolute atomic E-state index is 12.4. The normalized spacial score (nSPS) is 54.3. The Bertz CT molecular complexity index is 598. The predicted molar refractivity (Wildman–Crippen MR) is 104 cm³/mol.